The Hall–Kier alpha value is -0.940. The highest BCUT2D eigenvalue weighted by atomic mass is 79.9. The van der Waals surface area contributed by atoms with Crippen molar-refractivity contribution in [2.24, 2.45) is 0 Å². The van der Waals surface area contributed by atoms with Crippen LogP contribution in [0.15, 0.2) is 21.3 Å². The highest BCUT2D eigenvalue weighted by Gasteiger charge is 2.17. The highest BCUT2D eigenvalue weighted by Crippen LogP contribution is 2.24. The van der Waals surface area contributed by atoms with Gasteiger partial charge in [-0.15, -0.1) is 0 Å². The number of carbonyl (C=O) groups is 1. The van der Waals surface area contributed by atoms with Gasteiger partial charge in [0, 0.05) is 17.5 Å². The number of rotatable bonds is 5. The Balaban J connectivity index is 2.28. The van der Waals surface area contributed by atoms with Crippen LogP contribution in [0.3, 0.4) is 0 Å². The lowest BCUT2D eigenvalue weighted by Gasteiger charge is -2.04. The zero-order valence-corrected chi connectivity index (χ0v) is 12.8. The molecule has 96 valence electrons. The zero-order valence-electron chi connectivity index (χ0n) is 10.4. The third kappa shape index (κ3) is 2.57. The van der Waals surface area contributed by atoms with Gasteiger partial charge in [-0.3, -0.25) is 9.48 Å². The number of hydrogen-bond donors (Lipinski definition) is 0. The molecule has 0 atom stereocenters. The highest BCUT2D eigenvalue weighted by molar-refractivity contribution is 9.10. The van der Waals surface area contributed by atoms with Crippen molar-refractivity contribution in [2.45, 2.75) is 33.2 Å². The van der Waals surface area contributed by atoms with Gasteiger partial charge in [0.2, 0.25) is 0 Å². The van der Waals surface area contributed by atoms with Crippen molar-refractivity contribution in [3.63, 3.8) is 0 Å². The minimum absolute atomic E-state index is 0.147. The van der Waals surface area contributed by atoms with E-state index in [4.69, 9.17) is 0 Å². The van der Waals surface area contributed by atoms with E-state index in [0.717, 1.165) is 34.4 Å². The molecule has 5 heteroatoms. The number of thiophene rings is 1. The van der Waals surface area contributed by atoms with Gasteiger partial charge in [-0.05, 0) is 40.7 Å². The zero-order chi connectivity index (χ0) is 13.1. The van der Waals surface area contributed by atoms with Gasteiger partial charge in [-0.1, -0.05) is 6.92 Å². The van der Waals surface area contributed by atoms with Crippen LogP contribution >= 0.6 is 27.3 Å². The van der Waals surface area contributed by atoms with Crippen LogP contribution in [-0.2, 0) is 19.4 Å². The lowest BCUT2D eigenvalue weighted by Crippen LogP contribution is -2.09. The molecule has 18 heavy (non-hydrogen) atoms. The van der Waals surface area contributed by atoms with Gasteiger partial charge in [0.1, 0.15) is 0 Å². The summed E-state index contributed by atoms with van der Waals surface area (Å²) < 4.78 is 2.89. The van der Waals surface area contributed by atoms with Crippen molar-refractivity contribution in [3.05, 3.63) is 38.3 Å². The summed E-state index contributed by atoms with van der Waals surface area (Å²) in [6.45, 7) is 4.89. The summed E-state index contributed by atoms with van der Waals surface area (Å²) in [6, 6.07) is 1.87. The first-order chi connectivity index (χ1) is 8.67. The molecule has 0 aliphatic carbocycles. The normalized spacial score (nSPS) is 10.8. The van der Waals surface area contributed by atoms with E-state index in [-0.39, 0.29) is 5.78 Å². The van der Waals surface area contributed by atoms with E-state index in [1.807, 2.05) is 28.4 Å². The monoisotopic (exact) mass is 326 g/mol. The lowest BCUT2D eigenvalue weighted by atomic mass is 10.1. The Bertz CT molecular complexity index is 546. The molecule has 2 aromatic heterocycles. The summed E-state index contributed by atoms with van der Waals surface area (Å²) in [5.74, 6) is 0.147. The number of aryl methyl sites for hydroxylation is 2. The summed E-state index contributed by atoms with van der Waals surface area (Å²) in [5.41, 5.74) is 2.78. The predicted molar refractivity (Wildman–Crippen MR) is 77.3 cm³/mol. The van der Waals surface area contributed by atoms with Crippen LogP contribution in [0.25, 0.3) is 0 Å². The largest absolute Gasteiger partial charge is 0.294 e. The smallest absolute Gasteiger partial charge is 0.169 e. The summed E-state index contributed by atoms with van der Waals surface area (Å²) in [6.07, 6.45) is 1.27. The van der Waals surface area contributed by atoms with E-state index in [9.17, 15) is 4.79 Å². The average molecular weight is 327 g/mol. The molecular weight excluding hydrogens is 312 g/mol. The summed E-state index contributed by atoms with van der Waals surface area (Å²) in [4.78, 5) is 12.1. The second-order valence-corrected chi connectivity index (χ2v) is 5.56. The average Bonchev–Trinajstić information content (AvgIpc) is 2.99. The van der Waals surface area contributed by atoms with Gasteiger partial charge in [-0.2, -0.15) is 16.4 Å². The second kappa shape index (κ2) is 5.80. The van der Waals surface area contributed by atoms with Crippen LogP contribution in [0.4, 0.5) is 0 Å². The molecule has 0 amide bonds. The molecule has 0 N–H and O–H groups in total. The van der Waals surface area contributed by atoms with E-state index in [0.29, 0.717) is 6.42 Å². The Kier molecular flexibility index (Phi) is 4.35. The SMILES string of the molecule is CCc1nn(CC)c(CC(=O)c2ccsc2)c1Br. The van der Waals surface area contributed by atoms with Crippen LogP contribution in [0, 0.1) is 0 Å². The van der Waals surface area contributed by atoms with Gasteiger partial charge in [0.25, 0.3) is 0 Å². The summed E-state index contributed by atoms with van der Waals surface area (Å²) >= 11 is 5.11. The van der Waals surface area contributed by atoms with Crippen molar-refractivity contribution in [3.8, 4) is 0 Å². The summed E-state index contributed by atoms with van der Waals surface area (Å²) in [5, 5.41) is 8.32. The Morgan fingerprint density at radius 2 is 2.28 bits per heavy atom. The molecule has 0 aromatic carbocycles. The van der Waals surface area contributed by atoms with Crippen molar-refractivity contribution in [1.82, 2.24) is 9.78 Å². The molecule has 0 unspecified atom stereocenters. The Morgan fingerprint density at radius 1 is 1.50 bits per heavy atom. The molecule has 0 fully saturated rings. The van der Waals surface area contributed by atoms with Crippen LogP contribution in [0.5, 0.6) is 0 Å². The number of halogens is 1. The Labute approximate surface area is 119 Å². The minimum Gasteiger partial charge on any atom is -0.294 e. The number of aromatic nitrogens is 2. The van der Waals surface area contributed by atoms with E-state index in [2.05, 4.69) is 28.0 Å². The fraction of sp³-hybridized carbons (Fsp3) is 0.385. The molecular formula is C13H15BrN2OS. The number of nitrogens with zero attached hydrogens (tertiary/aromatic N) is 2. The molecule has 0 saturated carbocycles. The van der Waals surface area contributed by atoms with Crippen LogP contribution in [0.2, 0.25) is 0 Å². The van der Waals surface area contributed by atoms with Gasteiger partial charge in [0.05, 0.1) is 22.3 Å². The quantitative estimate of drug-likeness (QED) is 0.785. The molecule has 0 radical (unpaired) electrons. The second-order valence-electron chi connectivity index (χ2n) is 3.99. The fourth-order valence-electron chi connectivity index (χ4n) is 1.86. The lowest BCUT2D eigenvalue weighted by molar-refractivity contribution is 0.0991. The first kappa shape index (κ1) is 13.5. The molecule has 2 heterocycles. The van der Waals surface area contributed by atoms with E-state index in [1.54, 1.807) is 11.3 Å². The van der Waals surface area contributed by atoms with Crippen LogP contribution in [0.1, 0.15) is 35.6 Å². The molecule has 0 spiro atoms. The van der Waals surface area contributed by atoms with Gasteiger partial charge >= 0.3 is 0 Å². The molecule has 2 rings (SSSR count). The van der Waals surface area contributed by atoms with Gasteiger partial charge < -0.3 is 0 Å². The molecule has 0 aliphatic heterocycles. The Morgan fingerprint density at radius 3 is 2.83 bits per heavy atom. The van der Waals surface area contributed by atoms with Crippen molar-refractivity contribution in [1.29, 1.82) is 0 Å². The van der Waals surface area contributed by atoms with Gasteiger partial charge in [0.15, 0.2) is 5.78 Å². The number of ketones is 1. The number of hydrogen-bond acceptors (Lipinski definition) is 3. The number of Topliss-reactive ketones (excluding diaryl/α,β-unsaturated/α-hetero) is 1. The van der Waals surface area contributed by atoms with Crippen LogP contribution in [-0.4, -0.2) is 15.6 Å². The molecule has 0 aliphatic rings. The third-order valence-electron chi connectivity index (χ3n) is 2.87. The minimum atomic E-state index is 0.147. The van der Waals surface area contributed by atoms with Crippen molar-refractivity contribution < 1.29 is 4.79 Å². The maximum Gasteiger partial charge on any atom is 0.169 e. The topological polar surface area (TPSA) is 34.9 Å². The first-order valence-electron chi connectivity index (χ1n) is 5.96. The van der Waals surface area contributed by atoms with E-state index in [1.165, 1.54) is 0 Å². The summed E-state index contributed by atoms with van der Waals surface area (Å²) in [7, 11) is 0. The van der Waals surface area contributed by atoms with Gasteiger partial charge in [-0.25, -0.2) is 0 Å². The number of carbonyl (C=O) groups excluding carboxylic acids is 1. The molecule has 2 aromatic rings. The standard InChI is InChI=1S/C13H15BrN2OS/c1-3-10-13(14)11(16(4-2)15-10)7-12(17)9-5-6-18-8-9/h5-6,8H,3-4,7H2,1-2H3. The fourth-order valence-corrected chi connectivity index (χ4v) is 3.23. The van der Waals surface area contributed by atoms with E-state index >= 15 is 0 Å². The maximum absolute atomic E-state index is 12.1. The molecule has 0 saturated heterocycles. The first-order valence-corrected chi connectivity index (χ1v) is 7.70. The van der Waals surface area contributed by atoms with E-state index < -0.39 is 0 Å². The predicted octanol–water partition coefficient (Wildman–Crippen LogP) is 3.71. The van der Waals surface area contributed by atoms with Crippen LogP contribution < -0.4 is 0 Å². The molecule has 3 nitrogen and oxygen atoms in total. The molecule has 0 bridgehead atoms. The van der Waals surface area contributed by atoms with Crippen molar-refractivity contribution in [2.75, 3.05) is 0 Å². The van der Waals surface area contributed by atoms with Crippen molar-refractivity contribution >= 4 is 33.0 Å². The maximum atomic E-state index is 12.1. The third-order valence-corrected chi connectivity index (χ3v) is 4.46.